The van der Waals surface area contributed by atoms with Crippen LogP contribution in [-0.2, 0) is 9.59 Å². The summed E-state index contributed by atoms with van der Waals surface area (Å²) < 4.78 is 21.9. The van der Waals surface area contributed by atoms with E-state index in [-0.39, 0.29) is 47.6 Å². The molecule has 2 N–H and O–H groups in total. The molecule has 4 fully saturated rings. The second-order valence-corrected chi connectivity index (χ2v) is 16.4. The van der Waals surface area contributed by atoms with Gasteiger partial charge in [0.2, 0.25) is 5.91 Å². The molecule has 3 saturated heterocycles. The van der Waals surface area contributed by atoms with Crippen molar-refractivity contribution in [2.75, 3.05) is 37.6 Å². The number of carbonyl (C=O) groups is 5. The molecule has 1 aliphatic carbocycles. The van der Waals surface area contributed by atoms with Gasteiger partial charge in [0.05, 0.1) is 27.8 Å². The van der Waals surface area contributed by atoms with E-state index in [0.29, 0.717) is 66.3 Å². The average molecular weight is 811 g/mol. The van der Waals surface area contributed by atoms with E-state index in [4.69, 9.17) is 27.3 Å². The Hall–Kier alpha value is -5.46. The van der Waals surface area contributed by atoms with Crippen LogP contribution in [0.1, 0.15) is 112 Å². The Morgan fingerprint density at radius 1 is 0.862 bits per heavy atom. The number of carbonyl (C=O) groups excluding carboxylic acids is 5. The van der Waals surface area contributed by atoms with Crippen LogP contribution in [0.25, 0.3) is 0 Å². The van der Waals surface area contributed by atoms with E-state index < -0.39 is 41.5 Å². The Morgan fingerprint density at radius 3 is 2.21 bits per heavy atom. The highest BCUT2D eigenvalue weighted by atomic mass is 35.5. The number of primary amides is 1. The number of hydrogen-bond acceptors (Lipinski definition) is 11. The SMILES string of the molecule is N#Cc1ccc(OC2CCC(N3C(=O)CCC(N4C(=O)c5cc(F)c(C6CCN(CC7CCN(c8ccc(C(N)=O)nn8)CC7)CC6)cc5C4=O)C3=O)CC2)cc1Cl. The lowest BCUT2D eigenvalue weighted by Crippen LogP contribution is -2.59. The maximum absolute atomic E-state index is 15.8. The number of aromatic nitrogens is 2. The minimum atomic E-state index is -1.16. The fourth-order valence-corrected chi connectivity index (χ4v) is 9.55. The molecule has 0 spiro atoms. The van der Waals surface area contributed by atoms with Crippen LogP contribution >= 0.6 is 11.6 Å². The molecule has 2 aromatic carbocycles. The van der Waals surface area contributed by atoms with E-state index in [2.05, 4.69) is 20.0 Å². The van der Waals surface area contributed by atoms with Gasteiger partial charge in [-0.3, -0.25) is 33.8 Å². The number of nitriles is 1. The number of nitrogens with zero attached hydrogens (tertiary/aromatic N) is 7. The van der Waals surface area contributed by atoms with Crippen molar-refractivity contribution in [2.24, 2.45) is 11.7 Å². The van der Waals surface area contributed by atoms with Crippen LogP contribution in [0, 0.1) is 23.1 Å². The number of fused-ring (bicyclic) bond motifs is 1. The number of ether oxygens (including phenoxy) is 1. The third-order valence-corrected chi connectivity index (χ3v) is 12.8. The second kappa shape index (κ2) is 16.4. The van der Waals surface area contributed by atoms with Crippen molar-refractivity contribution in [3.63, 3.8) is 0 Å². The minimum absolute atomic E-state index is 0.00215. The third-order valence-electron chi connectivity index (χ3n) is 12.5. The quantitative estimate of drug-likeness (QED) is 0.292. The first kappa shape index (κ1) is 39.4. The van der Waals surface area contributed by atoms with Crippen LogP contribution in [-0.4, -0.2) is 105 Å². The van der Waals surface area contributed by atoms with Gasteiger partial charge < -0.3 is 20.3 Å². The maximum Gasteiger partial charge on any atom is 0.269 e. The largest absolute Gasteiger partial charge is 0.490 e. The van der Waals surface area contributed by atoms with Gasteiger partial charge in [-0.1, -0.05) is 11.6 Å². The molecule has 0 radical (unpaired) electrons. The summed E-state index contributed by atoms with van der Waals surface area (Å²) in [5.41, 5.74) is 6.22. The number of anilines is 1. The van der Waals surface area contributed by atoms with Crippen LogP contribution in [0.3, 0.4) is 0 Å². The highest BCUT2D eigenvalue weighted by Gasteiger charge is 2.49. The smallest absolute Gasteiger partial charge is 0.269 e. The normalized spacial score (nSPS) is 23.6. The Balaban J connectivity index is 0.854. The fourth-order valence-electron chi connectivity index (χ4n) is 9.34. The highest BCUT2D eigenvalue weighted by Crippen LogP contribution is 2.38. The number of likely N-dealkylation sites (tertiary alicyclic amines) is 2. The van der Waals surface area contributed by atoms with Crippen LogP contribution < -0.4 is 15.4 Å². The van der Waals surface area contributed by atoms with Crippen molar-refractivity contribution in [3.8, 4) is 11.8 Å². The lowest BCUT2D eigenvalue weighted by Gasteiger charge is -2.41. The third kappa shape index (κ3) is 7.75. The van der Waals surface area contributed by atoms with Gasteiger partial charge in [0.25, 0.3) is 23.6 Å². The van der Waals surface area contributed by atoms with Crippen LogP contribution in [0.15, 0.2) is 42.5 Å². The van der Waals surface area contributed by atoms with Crippen molar-refractivity contribution in [1.82, 2.24) is 24.9 Å². The molecule has 1 saturated carbocycles. The van der Waals surface area contributed by atoms with Gasteiger partial charge in [-0.25, -0.2) is 4.39 Å². The predicted molar refractivity (Wildman–Crippen MR) is 209 cm³/mol. The zero-order valence-corrected chi connectivity index (χ0v) is 32.7. The maximum atomic E-state index is 15.8. The molecule has 1 aromatic heterocycles. The second-order valence-electron chi connectivity index (χ2n) is 16.0. The molecule has 14 nitrogen and oxygen atoms in total. The molecule has 58 heavy (non-hydrogen) atoms. The van der Waals surface area contributed by atoms with Gasteiger partial charge >= 0.3 is 0 Å². The Morgan fingerprint density at radius 2 is 1.57 bits per heavy atom. The summed E-state index contributed by atoms with van der Waals surface area (Å²) in [6.45, 7) is 4.13. The molecule has 8 rings (SSSR count). The van der Waals surface area contributed by atoms with Crippen molar-refractivity contribution >= 4 is 47.0 Å². The van der Waals surface area contributed by atoms with Gasteiger partial charge in [0.15, 0.2) is 11.5 Å². The summed E-state index contributed by atoms with van der Waals surface area (Å²) in [5.74, 6) is -1.79. The minimum Gasteiger partial charge on any atom is -0.490 e. The Labute approximate surface area is 340 Å². The van der Waals surface area contributed by atoms with Gasteiger partial charge in [0.1, 0.15) is 23.7 Å². The van der Waals surface area contributed by atoms with Crippen molar-refractivity contribution in [1.29, 1.82) is 5.26 Å². The van der Waals surface area contributed by atoms with E-state index in [9.17, 15) is 24.0 Å². The van der Waals surface area contributed by atoms with E-state index in [0.717, 1.165) is 62.3 Å². The standard InChI is InChI=1S/C42H44ClFN8O6/c43-33-19-29(4-1-26(33)22-45)58-28-5-2-27(3-6-28)51-38(53)10-8-36(42(51)57)52-40(55)31-20-30(34(44)21-32(31)41(52)56)25-13-15-49(16-14-25)23-24-11-17-50(18-12-24)37-9-7-35(39(46)54)47-48-37/h1,4,7,9,19-21,24-25,27-28,36H,2-3,5-6,8,10-18,23H2,(H2,46,54). The summed E-state index contributed by atoms with van der Waals surface area (Å²) in [6.07, 6.45) is 5.30. The number of piperidine rings is 3. The molecule has 5 amide bonds. The number of hydrogen-bond donors (Lipinski definition) is 1. The van der Waals surface area contributed by atoms with E-state index in [1.54, 1.807) is 30.3 Å². The van der Waals surface area contributed by atoms with Gasteiger partial charge in [-0.2, -0.15) is 5.26 Å². The summed E-state index contributed by atoms with van der Waals surface area (Å²) in [4.78, 5) is 72.9. The molecule has 4 aliphatic heterocycles. The fraction of sp³-hybridized carbons (Fsp3) is 0.476. The zero-order valence-electron chi connectivity index (χ0n) is 31.9. The molecule has 5 aliphatic rings. The first-order valence-corrected chi connectivity index (χ1v) is 20.4. The molecule has 5 heterocycles. The van der Waals surface area contributed by atoms with Gasteiger partial charge in [0, 0.05) is 38.2 Å². The van der Waals surface area contributed by atoms with Gasteiger partial charge in [-0.15, -0.1) is 10.2 Å². The van der Waals surface area contributed by atoms with E-state index in [1.807, 2.05) is 6.07 Å². The average Bonchev–Trinajstić information content (AvgIpc) is 3.46. The number of rotatable bonds is 9. The lowest BCUT2D eigenvalue weighted by atomic mass is 9.86. The number of nitrogens with two attached hydrogens (primary N) is 1. The number of benzene rings is 2. The van der Waals surface area contributed by atoms with Crippen LogP contribution in [0.4, 0.5) is 10.2 Å². The zero-order chi connectivity index (χ0) is 40.7. The summed E-state index contributed by atoms with van der Waals surface area (Å²) >= 11 is 6.16. The number of imide groups is 2. The molecule has 0 bridgehead atoms. The first-order chi connectivity index (χ1) is 28.0. The monoisotopic (exact) mass is 810 g/mol. The molecule has 16 heteroatoms. The summed E-state index contributed by atoms with van der Waals surface area (Å²) in [6, 6.07) is 11.3. The summed E-state index contributed by atoms with van der Waals surface area (Å²) in [5, 5.41) is 17.5. The topological polar surface area (TPSA) is 183 Å². The lowest BCUT2D eigenvalue weighted by molar-refractivity contribution is -0.155. The van der Waals surface area contributed by atoms with Crippen molar-refractivity contribution in [3.05, 3.63) is 81.3 Å². The molecule has 302 valence electrons. The molecule has 1 atom stereocenters. The first-order valence-electron chi connectivity index (χ1n) is 20.0. The highest BCUT2D eigenvalue weighted by molar-refractivity contribution is 6.31. The molecule has 1 unspecified atom stereocenters. The van der Waals surface area contributed by atoms with E-state index >= 15 is 4.39 Å². The number of amides is 5. The Bertz CT molecular complexity index is 2170. The van der Waals surface area contributed by atoms with Crippen LogP contribution in [0.5, 0.6) is 5.75 Å². The Kier molecular flexibility index (Phi) is 11.1. The van der Waals surface area contributed by atoms with Gasteiger partial charge in [-0.05, 0) is 125 Å². The van der Waals surface area contributed by atoms with Crippen molar-refractivity contribution in [2.45, 2.75) is 88.3 Å². The number of halogens is 2. The molecular weight excluding hydrogens is 767 g/mol. The van der Waals surface area contributed by atoms with Crippen molar-refractivity contribution < 1.29 is 33.1 Å². The molecule has 3 aromatic rings. The van der Waals surface area contributed by atoms with Crippen LogP contribution in [0.2, 0.25) is 5.02 Å². The van der Waals surface area contributed by atoms with E-state index in [1.165, 1.54) is 11.0 Å². The predicted octanol–water partition coefficient (Wildman–Crippen LogP) is 4.84. The molecular formula is C42H44ClFN8O6. The summed E-state index contributed by atoms with van der Waals surface area (Å²) in [7, 11) is 0.